The van der Waals surface area contributed by atoms with Crippen LogP contribution >= 0.6 is 11.6 Å². The lowest BCUT2D eigenvalue weighted by Crippen LogP contribution is -2.49. The predicted molar refractivity (Wildman–Crippen MR) is 105 cm³/mol. The zero-order chi connectivity index (χ0) is 20.3. The Bertz CT molecular complexity index is 935. The van der Waals surface area contributed by atoms with Gasteiger partial charge in [-0.2, -0.15) is 10.4 Å². The topological polar surface area (TPSA) is 73.1 Å². The number of nitrogens with zero attached hydrogens (tertiary/aromatic N) is 5. The minimum Gasteiger partial charge on any atom is -0.350 e. The zero-order valence-corrected chi connectivity index (χ0v) is 16.6. The maximum atomic E-state index is 14.1. The third-order valence-electron chi connectivity index (χ3n) is 4.97. The van der Waals surface area contributed by atoms with E-state index in [1.165, 1.54) is 12.1 Å². The van der Waals surface area contributed by atoms with Crippen LogP contribution in [-0.2, 0) is 12.8 Å². The van der Waals surface area contributed by atoms with Crippen molar-refractivity contribution in [2.75, 3.05) is 31.1 Å². The number of benzene rings is 1. The van der Waals surface area contributed by atoms with Crippen molar-refractivity contribution in [1.82, 2.24) is 15.1 Å². The number of anilines is 1. The van der Waals surface area contributed by atoms with Gasteiger partial charge in [-0.3, -0.25) is 4.79 Å². The predicted octanol–water partition coefficient (Wildman–Crippen LogP) is 3.23. The molecule has 3 rings (SSSR count). The van der Waals surface area contributed by atoms with E-state index in [9.17, 15) is 14.4 Å². The van der Waals surface area contributed by atoms with Gasteiger partial charge >= 0.3 is 0 Å². The first-order valence-corrected chi connectivity index (χ1v) is 9.65. The van der Waals surface area contributed by atoms with Crippen molar-refractivity contribution < 1.29 is 9.18 Å². The first-order chi connectivity index (χ1) is 13.5. The van der Waals surface area contributed by atoms with Crippen LogP contribution in [0, 0.1) is 17.1 Å². The van der Waals surface area contributed by atoms with Crippen LogP contribution in [0.4, 0.5) is 10.2 Å². The van der Waals surface area contributed by atoms with Crippen LogP contribution < -0.4 is 4.90 Å². The molecule has 0 bridgehead atoms. The van der Waals surface area contributed by atoms with Gasteiger partial charge in [-0.25, -0.2) is 4.39 Å². The molecule has 0 unspecified atom stereocenters. The molecule has 1 aliphatic heterocycles. The van der Waals surface area contributed by atoms with E-state index in [1.807, 2.05) is 18.7 Å². The number of piperazine rings is 1. The fraction of sp³-hybridized carbons (Fsp3) is 0.400. The molecule has 0 aliphatic carbocycles. The fourth-order valence-electron chi connectivity index (χ4n) is 3.46. The molecule has 0 spiro atoms. The molecule has 28 heavy (non-hydrogen) atoms. The van der Waals surface area contributed by atoms with Crippen LogP contribution in [0.1, 0.15) is 41.0 Å². The summed E-state index contributed by atoms with van der Waals surface area (Å²) < 4.78 is 14.1. The van der Waals surface area contributed by atoms with Gasteiger partial charge in [0.15, 0.2) is 5.82 Å². The summed E-state index contributed by atoms with van der Waals surface area (Å²) in [6, 6.07) is 6.32. The normalized spacial score (nSPS) is 14.1. The lowest BCUT2D eigenvalue weighted by Gasteiger charge is -2.35. The van der Waals surface area contributed by atoms with Crippen molar-refractivity contribution in [1.29, 1.82) is 5.26 Å². The van der Waals surface area contributed by atoms with Crippen molar-refractivity contribution in [3.8, 4) is 6.07 Å². The maximum Gasteiger partial charge on any atom is 0.256 e. The van der Waals surface area contributed by atoms with Crippen molar-refractivity contribution in [3.63, 3.8) is 0 Å². The number of aryl methyl sites for hydroxylation is 1. The van der Waals surface area contributed by atoms with Crippen LogP contribution in [0.25, 0.3) is 0 Å². The largest absolute Gasteiger partial charge is 0.350 e. The molecule has 1 saturated heterocycles. The molecule has 146 valence electrons. The molecule has 6 nitrogen and oxygen atoms in total. The quantitative estimate of drug-likeness (QED) is 0.786. The number of nitriles is 1. The van der Waals surface area contributed by atoms with Crippen molar-refractivity contribution >= 4 is 23.3 Å². The van der Waals surface area contributed by atoms with E-state index in [0.29, 0.717) is 44.0 Å². The second-order valence-corrected chi connectivity index (χ2v) is 6.98. The van der Waals surface area contributed by atoms with Crippen LogP contribution in [0.2, 0.25) is 5.02 Å². The van der Waals surface area contributed by atoms with Gasteiger partial charge in [-0.05, 0) is 36.6 Å². The third-order valence-corrected chi connectivity index (χ3v) is 5.20. The highest BCUT2D eigenvalue weighted by molar-refractivity contribution is 6.30. The van der Waals surface area contributed by atoms with Gasteiger partial charge < -0.3 is 9.80 Å². The summed E-state index contributed by atoms with van der Waals surface area (Å²) in [7, 11) is 0. The number of aromatic nitrogens is 2. The summed E-state index contributed by atoms with van der Waals surface area (Å²) in [5.41, 5.74) is 2.33. The number of carbonyl (C=O) groups is 1. The maximum absolute atomic E-state index is 14.1. The lowest BCUT2D eigenvalue weighted by atomic mass is 10.0. The monoisotopic (exact) mass is 401 g/mol. The number of hydrogen-bond donors (Lipinski definition) is 0. The molecule has 1 aromatic carbocycles. The standard InChI is InChI=1S/C20H21ClFN5O/c1-3-14-16(12-23)19(25-24-18(14)4-2)26-7-9-27(10-8-26)20(28)15-6-5-13(21)11-17(15)22/h5-6,11H,3-4,7-10H2,1-2H3. The zero-order valence-electron chi connectivity index (χ0n) is 15.9. The fourth-order valence-corrected chi connectivity index (χ4v) is 3.61. The summed E-state index contributed by atoms with van der Waals surface area (Å²) >= 11 is 5.76. The Kier molecular flexibility index (Phi) is 6.10. The van der Waals surface area contributed by atoms with Crippen LogP contribution in [-0.4, -0.2) is 47.2 Å². The van der Waals surface area contributed by atoms with Crippen LogP contribution in [0.3, 0.4) is 0 Å². The summed E-state index contributed by atoms with van der Waals surface area (Å²) in [6.07, 6.45) is 1.43. The minimum absolute atomic E-state index is 0.0101. The molecule has 8 heteroatoms. The molecule has 2 aromatic rings. The molecule has 1 fully saturated rings. The molecular weight excluding hydrogens is 381 g/mol. The van der Waals surface area contributed by atoms with Gasteiger partial charge in [-0.1, -0.05) is 25.4 Å². The van der Waals surface area contributed by atoms with Gasteiger partial charge in [0.1, 0.15) is 17.4 Å². The first-order valence-electron chi connectivity index (χ1n) is 9.27. The molecule has 1 amide bonds. The Balaban J connectivity index is 1.77. The van der Waals surface area contributed by atoms with Gasteiger partial charge in [0.05, 0.1) is 11.3 Å². The molecule has 1 aliphatic rings. The summed E-state index contributed by atoms with van der Waals surface area (Å²) in [5, 5.41) is 18.5. The van der Waals surface area contributed by atoms with Gasteiger partial charge in [0.2, 0.25) is 0 Å². The summed E-state index contributed by atoms with van der Waals surface area (Å²) in [4.78, 5) is 16.2. The van der Waals surface area contributed by atoms with E-state index in [-0.39, 0.29) is 16.5 Å². The second-order valence-electron chi connectivity index (χ2n) is 6.55. The highest BCUT2D eigenvalue weighted by Gasteiger charge is 2.27. The van der Waals surface area contributed by atoms with E-state index in [4.69, 9.17) is 11.6 Å². The minimum atomic E-state index is -0.625. The molecule has 0 saturated carbocycles. The molecule has 1 aromatic heterocycles. The van der Waals surface area contributed by atoms with E-state index < -0.39 is 5.82 Å². The van der Waals surface area contributed by atoms with Crippen molar-refractivity contribution in [3.05, 3.63) is 51.4 Å². The van der Waals surface area contributed by atoms with Crippen molar-refractivity contribution in [2.24, 2.45) is 0 Å². The molecular formula is C20H21ClFN5O. The molecule has 0 radical (unpaired) electrons. The number of hydrogen-bond acceptors (Lipinski definition) is 5. The van der Waals surface area contributed by atoms with E-state index in [2.05, 4.69) is 16.3 Å². The SMILES string of the molecule is CCc1nnc(N2CCN(C(=O)c3ccc(Cl)cc3F)CC2)c(C#N)c1CC. The Hall–Kier alpha value is -2.72. The average Bonchev–Trinajstić information content (AvgIpc) is 2.72. The number of amides is 1. The van der Waals surface area contributed by atoms with Crippen LogP contribution in [0.15, 0.2) is 18.2 Å². The Morgan fingerprint density at radius 3 is 2.50 bits per heavy atom. The first kappa shape index (κ1) is 20.0. The Labute approximate surface area is 168 Å². The number of rotatable bonds is 4. The van der Waals surface area contributed by atoms with Crippen molar-refractivity contribution in [2.45, 2.75) is 26.7 Å². The summed E-state index contributed by atoms with van der Waals surface area (Å²) in [6.45, 7) is 5.80. The third kappa shape index (κ3) is 3.78. The number of carbonyl (C=O) groups excluding carboxylic acids is 1. The smallest absolute Gasteiger partial charge is 0.256 e. The number of halogens is 2. The highest BCUT2D eigenvalue weighted by Crippen LogP contribution is 2.25. The van der Waals surface area contributed by atoms with E-state index in [1.54, 1.807) is 4.90 Å². The van der Waals surface area contributed by atoms with Gasteiger partial charge in [0.25, 0.3) is 5.91 Å². The van der Waals surface area contributed by atoms with E-state index >= 15 is 0 Å². The average molecular weight is 402 g/mol. The van der Waals surface area contributed by atoms with E-state index in [0.717, 1.165) is 23.7 Å². The van der Waals surface area contributed by atoms with Crippen LogP contribution in [0.5, 0.6) is 0 Å². The molecule has 2 heterocycles. The lowest BCUT2D eigenvalue weighted by molar-refractivity contribution is 0.0741. The second kappa shape index (κ2) is 8.53. The summed E-state index contributed by atoms with van der Waals surface area (Å²) in [5.74, 6) is -0.433. The van der Waals surface area contributed by atoms with Gasteiger partial charge in [-0.15, -0.1) is 5.10 Å². The van der Waals surface area contributed by atoms with Gasteiger partial charge in [0, 0.05) is 31.2 Å². The highest BCUT2D eigenvalue weighted by atomic mass is 35.5. The Morgan fingerprint density at radius 2 is 1.93 bits per heavy atom. The molecule has 0 atom stereocenters. The molecule has 0 N–H and O–H groups in total. The Morgan fingerprint density at radius 1 is 1.21 bits per heavy atom.